The third-order valence-electron chi connectivity index (χ3n) is 3.91. The number of carbonyl (C=O) groups excluding carboxylic acids is 1. The maximum atomic E-state index is 12.3. The van der Waals surface area contributed by atoms with E-state index in [1.807, 2.05) is 6.92 Å². The van der Waals surface area contributed by atoms with Crippen molar-refractivity contribution in [3.8, 4) is 11.5 Å². The lowest BCUT2D eigenvalue weighted by Gasteiger charge is -2.35. The summed E-state index contributed by atoms with van der Waals surface area (Å²) in [6.45, 7) is 1.87. The highest BCUT2D eigenvalue weighted by atomic mass is 16.5. The number of phenolic OH excluding ortho intramolecular Hbond substituents is 1. The molecule has 124 valence electrons. The Morgan fingerprint density at radius 3 is 2.57 bits per heavy atom. The van der Waals surface area contributed by atoms with E-state index in [-0.39, 0.29) is 23.5 Å². The molecule has 1 aromatic carbocycles. The smallest absolute Gasteiger partial charge is 0.348 e. The van der Waals surface area contributed by atoms with Gasteiger partial charge in [-0.25, -0.2) is 4.79 Å². The van der Waals surface area contributed by atoms with Crippen molar-refractivity contribution in [1.29, 1.82) is 0 Å². The largest absolute Gasteiger partial charge is 0.508 e. The highest BCUT2D eigenvalue weighted by Crippen LogP contribution is 2.42. The standard InChI is InChI=1S/C16H18O7/c1-2-3-9-11(17)5-4-10-12(18)8-16(15(21)22,23-14(9)10)7-6-13(19)20/h4-5,17H,2-3,6-8H2,1H3,(H,19,20)(H,21,22). The lowest BCUT2D eigenvalue weighted by molar-refractivity contribution is -0.157. The molecule has 1 aliphatic heterocycles. The van der Waals surface area contributed by atoms with Gasteiger partial charge in [-0.2, -0.15) is 0 Å². The number of hydrogen-bond donors (Lipinski definition) is 3. The molecular formula is C16H18O7. The first-order chi connectivity index (χ1) is 10.8. The number of aromatic hydroxyl groups is 1. The lowest BCUT2D eigenvalue weighted by atomic mass is 9.85. The van der Waals surface area contributed by atoms with Crippen molar-refractivity contribution >= 4 is 17.7 Å². The topological polar surface area (TPSA) is 121 Å². The summed E-state index contributed by atoms with van der Waals surface area (Å²) in [6, 6.07) is 2.78. The van der Waals surface area contributed by atoms with Crippen molar-refractivity contribution in [2.45, 2.75) is 44.6 Å². The van der Waals surface area contributed by atoms with Gasteiger partial charge in [-0.1, -0.05) is 13.3 Å². The zero-order chi connectivity index (χ0) is 17.2. The predicted molar refractivity (Wildman–Crippen MR) is 78.9 cm³/mol. The van der Waals surface area contributed by atoms with Crippen LogP contribution in [0.15, 0.2) is 12.1 Å². The average Bonchev–Trinajstić information content (AvgIpc) is 2.48. The molecule has 0 amide bonds. The van der Waals surface area contributed by atoms with Crippen LogP contribution in [0.3, 0.4) is 0 Å². The molecule has 1 atom stereocenters. The number of benzene rings is 1. The fourth-order valence-corrected chi connectivity index (χ4v) is 2.71. The predicted octanol–water partition coefficient (Wildman–Crippen LogP) is 2.00. The Kier molecular flexibility index (Phi) is 4.58. The number of ketones is 1. The Balaban J connectivity index is 2.51. The number of rotatable bonds is 6. The van der Waals surface area contributed by atoms with E-state index in [1.54, 1.807) is 0 Å². The molecule has 7 heteroatoms. The van der Waals surface area contributed by atoms with Crippen LogP contribution >= 0.6 is 0 Å². The summed E-state index contributed by atoms with van der Waals surface area (Å²) in [7, 11) is 0. The van der Waals surface area contributed by atoms with E-state index < -0.39 is 36.2 Å². The van der Waals surface area contributed by atoms with Crippen molar-refractivity contribution in [1.82, 2.24) is 0 Å². The Morgan fingerprint density at radius 2 is 2.00 bits per heavy atom. The van der Waals surface area contributed by atoms with Crippen LogP contribution in [0.5, 0.6) is 11.5 Å². The highest BCUT2D eigenvalue weighted by molar-refractivity contribution is 6.04. The van der Waals surface area contributed by atoms with E-state index in [0.29, 0.717) is 18.4 Å². The summed E-state index contributed by atoms with van der Waals surface area (Å²) in [5, 5.41) is 28.3. The first-order valence-corrected chi connectivity index (χ1v) is 7.33. The number of ether oxygens (including phenoxy) is 1. The highest BCUT2D eigenvalue weighted by Gasteiger charge is 2.48. The lowest BCUT2D eigenvalue weighted by Crippen LogP contribution is -2.49. The number of hydrogen-bond acceptors (Lipinski definition) is 5. The number of carboxylic acids is 2. The third-order valence-corrected chi connectivity index (χ3v) is 3.91. The zero-order valence-electron chi connectivity index (χ0n) is 12.7. The van der Waals surface area contributed by atoms with Crippen molar-refractivity contribution in [3.63, 3.8) is 0 Å². The molecule has 1 aromatic rings. The quantitative estimate of drug-likeness (QED) is 0.732. The van der Waals surface area contributed by atoms with Crippen LogP contribution in [-0.4, -0.2) is 38.6 Å². The first kappa shape index (κ1) is 16.8. The SMILES string of the molecule is CCCc1c(O)ccc2c1OC(CCC(=O)O)(C(=O)O)CC2=O. The molecule has 0 spiro atoms. The molecule has 2 rings (SSSR count). The van der Waals surface area contributed by atoms with Crippen molar-refractivity contribution in [3.05, 3.63) is 23.3 Å². The van der Waals surface area contributed by atoms with Crippen LogP contribution in [-0.2, 0) is 16.0 Å². The van der Waals surface area contributed by atoms with Crippen molar-refractivity contribution < 1.29 is 34.4 Å². The second-order valence-corrected chi connectivity index (χ2v) is 5.59. The summed E-state index contributed by atoms with van der Waals surface area (Å²) >= 11 is 0. The molecule has 1 unspecified atom stereocenters. The second kappa shape index (κ2) is 6.28. The van der Waals surface area contributed by atoms with Crippen molar-refractivity contribution in [2.24, 2.45) is 0 Å². The molecule has 0 bridgehead atoms. The number of carbonyl (C=O) groups is 3. The summed E-state index contributed by atoms with van der Waals surface area (Å²) < 4.78 is 5.62. The van der Waals surface area contributed by atoms with E-state index in [0.717, 1.165) is 0 Å². The Morgan fingerprint density at radius 1 is 1.30 bits per heavy atom. The first-order valence-electron chi connectivity index (χ1n) is 7.33. The molecule has 0 aliphatic carbocycles. The minimum atomic E-state index is -1.92. The van der Waals surface area contributed by atoms with Crippen LogP contribution in [0.2, 0.25) is 0 Å². The van der Waals surface area contributed by atoms with Gasteiger partial charge in [0.15, 0.2) is 5.78 Å². The molecule has 1 aliphatic rings. The third kappa shape index (κ3) is 3.13. The van der Waals surface area contributed by atoms with E-state index >= 15 is 0 Å². The Labute approximate surface area is 132 Å². The van der Waals surface area contributed by atoms with Crippen LogP contribution in [0.4, 0.5) is 0 Å². The van der Waals surface area contributed by atoms with Gasteiger partial charge in [0.05, 0.1) is 12.0 Å². The number of aliphatic carboxylic acids is 2. The van der Waals surface area contributed by atoms with E-state index in [4.69, 9.17) is 9.84 Å². The van der Waals surface area contributed by atoms with Crippen LogP contribution in [0.1, 0.15) is 48.5 Å². The molecule has 0 aromatic heterocycles. The van der Waals surface area contributed by atoms with Gasteiger partial charge >= 0.3 is 11.9 Å². The molecule has 23 heavy (non-hydrogen) atoms. The zero-order valence-corrected chi connectivity index (χ0v) is 12.7. The van der Waals surface area contributed by atoms with Gasteiger partial charge in [0, 0.05) is 18.4 Å². The maximum absolute atomic E-state index is 12.3. The van der Waals surface area contributed by atoms with Crippen molar-refractivity contribution in [2.75, 3.05) is 0 Å². The molecule has 0 saturated carbocycles. The maximum Gasteiger partial charge on any atom is 0.348 e. The number of fused-ring (bicyclic) bond motifs is 1. The molecular weight excluding hydrogens is 304 g/mol. The average molecular weight is 322 g/mol. The Hall–Kier alpha value is -2.57. The van der Waals surface area contributed by atoms with Gasteiger partial charge in [0.2, 0.25) is 5.60 Å². The van der Waals surface area contributed by atoms with Crippen LogP contribution in [0, 0.1) is 0 Å². The van der Waals surface area contributed by atoms with Crippen LogP contribution < -0.4 is 4.74 Å². The molecule has 0 saturated heterocycles. The monoisotopic (exact) mass is 322 g/mol. The number of phenols is 1. The van der Waals surface area contributed by atoms with E-state index in [2.05, 4.69) is 0 Å². The fourth-order valence-electron chi connectivity index (χ4n) is 2.71. The van der Waals surface area contributed by atoms with E-state index in [9.17, 15) is 24.6 Å². The molecule has 3 N–H and O–H groups in total. The van der Waals surface area contributed by atoms with Gasteiger partial charge in [-0.05, 0) is 18.6 Å². The van der Waals surface area contributed by atoms with Crippen LogP contribution in [0.25, 0.3) is 0 Å². The number of carboxylic acid groups (broad SMARTS) is 2. The summed E-state index contributed by atoms with van der Waals surface area (Å²) in [5.74, 6) is -3.01. The minimum absolute atomic E-state index is 0.0517. The van der Waals surface area contributed by atoms with E-state index in [1.165, 1.54) is 12.1 Å². The summed E-state index contributed by atoms with van der Waals surface area (Å²) in [6.07, 6.45) is -0.118. The van der Waals surface area contributed by atoms with Gasteiger partial charge in [0.25, 0.3) is 0 Å². The molecule has 0 radical (unpaired) electrons. The summed E-state index contributed by atoms with van der Waals surface area (Å²) in [5.41, 5.74) is -1.32. The second-order valence-electron chi connectivity index (χ2n) is 5.59. The van der Waals surface area contributed by atoms with Gasteiger partial charge in [-0.15, -0.1) is 0 Å². The molecule has 7 nitrogen and oxygen atoms in total. The molecule has 0 fully saturated rings. The summed E-state index contributed by atoms with van der Waals surface area (Å²) in [4.78, 5) is 34.8. The van der Waals surface area contributed by atoms with Gasteiger partial charge < -0.3 is 20.1 Å². The normalized spacial score (nSPS) is 19.8. The number of Topliss-reactive ketones (excluding diaryl/α,β-unsaturated/α-hetero) is 1. The minimum Gasteiger partial charge on any atom is -0.508 e. The fraction of sp³-hybridized carbons (Fsp3) is 0.438. The Bertz CT molecular complexity index is 665. The van der Waals surface area contributed by atoms with Gasteiger partial charge in [0.1, 0.15) is 11.5 Å². The molecule has 1 heterocycles. The van der Waals surface area contributed by atoms with Gasteiger partial charge in [-0.3, -0.25) is 9.59 Å².